The maximum absolute atomic E-state index is 11.8. The molecule has 0 saturated heterocycles. The number of oxazole rings is 1. The molecule has 98 valence electrons. The molecule has 0 fully saturated rings. The maximum Gasteiger partial charge on any atom is 0.295 e. The number of nitrogens with zero attached hydrogens (tertiary/aromatic N) is 2. The molecule has 0 aromatic carbocycles. The second-order valence-corrected chi connectivity index (χ2v) is 4.56. The summed E-state index contributed by atoms with van der Waals surface area (Å²) < 4.78 is 4.98. The number of hydrogen-bond donors (Lipinski definition) is 2. The summed E-state index contributed by atoms with van der Waals surface area (Å²) in [6.07, 6.45) is 3.20. The summed E-state index contributed by atoms with van der Waals surface area (Å²) in [6.45, 7) is 1.71. The standard InChI is InChI=1S/C12H11N3O3S/c1-8-10(18-7-14-8)11(17)15-12-13-6-9(19-12)4-2-3-5-16/h6-7,16H,3,5H2,1H3,(H,13,15,17). The van der Waals surface area contributed by atoms with Gasteiger partial charge in [0.05, 0.1) is 23.4 Å². The maximum atomic E-state index is 11.8. The third-order valence-corrected chi connectivity index (χ3v) is 2.95. The second kappa shape index (κ2) is 6.13. The van der Waals surface area contributed by atoms with Gasteiger partial charge in [-0.1, -0.05) is 23.2 Å². The van der Waals surface area contributed by atoms with E-state index in [4.69, 9.17) is 9.52 Å². The highest BCUT2D eigenvalue weighted by atomic mass is 32.1. The van der Waals surface area contributed by atoms with Crippen LogP contribution in [-0.4, -0.2) is 27.6 Å². The van der Waals surface area contributed by atoms with Crippen molar-refractivity contribution in [2.75, 3.05) is 11.9 Å². The van der Waals surface area contributed by atoms with Gasteiger partial charge in [0.15, 0.2) is 11.5 Å². The van der Waals surface area contributed by atoms with Gasteiger partial charge in [0.1, 0.15) is 0 Å². The number of carbonyl (C=O) groups is 1. The van der Waals surface area contributed by atoms with Crippen molar-refractivity contribution >= 4 is 22.4 Å². The Morgan fingerprint density at radius 2 is 2.42 bits per heavy atom. The lowest BCUT2D eigenvalue weighted by Gasteiger charge is -1.97. The molecule has 2 rings (SSSR count). The molecule has 19 heavy (non-hydrogen) atoms. The molecule has 2 heterocycles. The molecular formula is C12H11N3O3S. The predicted octanol–water partition coefficient (Wildman–Crippen LogP) is 1.43. The van der Waals surface area contributed by atoms with Crippen LogP contribution in [0.15, 0.2) is 17.0 Å². The number of nitrogens with one attached hydrogen (secondary N) is 1. The molecule has 0 unspecified atom stereocenters. The van der Waals surface area contributed by atoms with Crippen LogP contribution in [0.1, 0.15) is 27.5 Å². The Labute approximate surface area is 113 Å². The molecular weight excluding hydrogens is 266 g/mol. The van der Waals surface area contributed by atoms with Gasteiger partial charge in [-0.3, -0.25) is 10.1 Å². The van der Waals surface area contributed by atoms with E-state index in [1.807, 2.05) is 0 Å². The fourth-order valence-corrected chi connectivity index (χ4v) is 1.95. The van der Waals surface area contributed by atoms with Crippen LogP contribution in [0.4, 0.5) is 5.13 Å². The van der Waals surface area contributed by atoms with Crippen molar-refractivity contribution in [3.63, 3.8) is 0 Å². The number of rotatable bonds is 3. The molecule has 0 aliphatic heterocycles. The molecule has 0 radical (unpaired) electrons. The largest absolute Gasteiger partial charge is 0.438 e. The van der Waals surface area contributed by atoms with Crippen LogP contribution in [-0.2, 0) is 0 Å². The van der Waals surface area contributed by atoms with Gasteiger partial charge in [-0.05, 0) is 6.92 Å². The molecule has 0 saturated carbocycles. The van der Waals surface area contributed by atoms with Gasteiger partial charge in [0, 0.05) is 6.42 Å². The first-order valence-electron chi connectivity index (χ1n) is 5.47. The van der Waals surface area contributed by atoms with E-state index in [0.717, 1.165) is 4.88 Å². The molecule has 0 bridgehead atoms. The minimum absolute atomic E-state index is 0.0279. The molecule has 0 aliphatic carbocycles. The van der Waals surface area contributed by atoms with Gasteiger partial charge in [-0.25, -0.2) is 9.97 Å². The van der Waals surface area contributed by atoms with Crippen LogP contribution in [0.5, 0.6) is 0 Å². The number of hydrogen-bond acceptors (Lipinski definition) is 6. The quantitative estimate of drug-likeness (QED) is 0.828. The third-order valence-electron chi connectivity index (χ3n) is 2.13. The van der Waals surface area contributed by atoms with Crippen LogP contribution < -0.4 is 5.32 Å². The molecule has 2 aromatic heterocycles. The van der Waals surface area contributed by atoms with Crippen LogP contribution in [0, 0.1) is 18.8 Å². The third kappa shape index (κ3) is 3.40. The van der Waals surface area contributed by atoms with Crippen molar-refractivity contribution in [1.82, 2.24) is 9.97 Å². The van der Waals surface area contributed by atoms with Crippen molar-refractivity contribution in [1.29, 1.82) is 0 Å². The number of carbonyl (C=O) groups excluding carboxylic acids is 1. The van der Waals surface area contributed by atoms with Crippen molar-refractivity contribution < 1.29 is 14.3 Å². The summed E-state index contributed by atoms with van der Waals surface area (Å²) in [5.41, 5.74) is 0.525. The van der Waals surface area contributed by atoms with Gasteiger partial charge in [-0.15, -0.1) is 0 Å². The highest BCUT2D eigenvalue weighted by Gasteiger charge is 2.15. The van der Waals surface area contributed by atoms with E-state index in [9.17, 15) is 4.79 Å². The molecule has 0 aliphatic rings. The zero-order chi connectivity index (χ0) is 13.7. The number of thiazole rings is 1. The minimum atomic E-state index is -0.390. The Kier molecular flexibility index (Phi) is 4.28. The van der Waals surface area contributed by atoms with Crippen LogP contribution in [0.25, 0.3) is 0 Å². The van der Waals surface area contributed by atoms with Gasteiger partial charge in [0.2, 0.25) is 5.76 Å². The van der Waals surface area contributed by atoms with E-state index in [2.05, 4.69) is 27.1 Å². The summed E-state index contributed by atoms with van der Waals surface area (Å²) >= 11 is 1.25. The van der Waals surface area contributed by atoms with Gasteiger partial charge in [0.25, 0.3) is 5.91 Å². The van der Waals surface area contributed by atoms with E-state index in [1.165, 1.54) is 17.7 Å². The number of aliphatic hydroxyl groups excluding tert-OH is 1. The molecule has 1 amide bonds. The van der Waals surface area contributed by atoms with Gasteiger partial charge in [-0.2, -0.15) is 0 Å². The first-order valence-corrected chi connectivity index (χ1v) is 6.29. The van der Waals surface area contributed by atoms with Crippen molar-refractivity contribution in [3.05, 3.63) is 28.9 Å². The normalized spacial score (nSPS) is 9.79. The fourth-order valence-electron chi connectivity index (χ4n) is 1.27. The van der Waals surface area contributed by atoms with Gasteiger partial charge < -0.3 is 9.52 Å². The second-order valence-electron chi connectivity index (χ2n) is 3.53. The molecule has 2 N–H and O–H groups in total. The summed E-state index contributed by atoms with van der Waals surface area (Å²) in [5.74, 6) is 5.41. The van der Waals surface area contributed by atoms with Crippen LogP contribution in [0.2, 0.25) is 0 Å². The monoisotopic (exact) mass is 277 g/mol. The summed E-state index contributed by atoms with van der Waals surface area (Å²) in [7, 11) is 0. The summed E-state index contributed by atoms with van der Waals surface area (Å²) in [5, 5.41) is 11.7. The molecule has 6 nitrogen and oxygen atoms in total. The average molecular weight is 277 g/mol. The lowest BCUT2D eigenvalue weighted by molar-refractivity contribution is 0.0996. The SMILES string of the molecule is Cc1ncoc1C(=O)Nc1ncc(C#CCCO)s1. The lowest BCUT2D eigenvalue weighted by atomic mass is 10.3. The van der Waals surface area contributed by atoms with Crippen molar-refractivity contribution in [3.8, 4) is 11.8 Å². The topological polar surface area (TPSA) is 88.3 Å². The van der Waals surface area contributed by atoms with E-state index in [1.54, 1.807) is 13.1 Å². The number of anilines is 1. The number of aromatic nitrogens is 2. The highest BCUT2D eigenvalue weighted by Crippen LogP contribution is 2.18. The van der Waals surface area contributed by atoms with Gasteiger partial charge >= 0.3 is 0 Å². The summed E-state index contributed by atoms with van der Waals surface area (Å²) in [4.78, 5) is 20.4. The van der Waals surface area contributed by atoms with Crippen molar-refractivity contribution in [2.45, 2.75) is 13.3 Å². The number of amides is 1. The van der Waals surface area contributed by atoms with E-state index in [-0.39, 0.29) is 18.3 Å². The first kappa shape index (κ1) is 13.3. The zero-order valence-electron chi connectivity index (χ0n) is 10.1. The molecule has 0 spiro atoms. The highest BCUT2D eigenvalue weighted by molar-refractivity contribution is 7.16. The fraction of sp³-hybridized carbons (Fsp3) is 0.250. The van der Waals surface area contributed by atoms with Crippen LogP contribution in [0.3, 0.4) is 0 Å². The first-order chi connectivity index (χ1) is 9.20. The zero-order valence-corrected chi connectivity index (χ0v) is 11.0. The smallest absolute Gasteiger partial charge is 0.295 e. The Balaban J connectivity index is 2.03. The Bertz CT molecular complexity index is 636. The Hall–Kier alpha value is -2.17. The molecule has 0 atom stereocenters. The summed E-state index contributed by atoms with van der Waals surface area (Å²) in [6, 6.07) is 0. The van der Waals surface area contributed by atoms with Crippen molar-refractivity contribution in [2.24, 2.45) is 0 Å². The average Bonchev–Trinajstić information content (AvgIpc) is 2.99. The van der Waals surface area contributed by atoms with E-state index >= 15 is 0 Å². The molecule has 2 aromatic rings. The lowest BCUT2D eigenvalue weighted by Crippen LogP contribution is -2.11. The van der Waals surface area contributed by atoms with E-state index in [0.29, 0.717) is 17.2 Å². The molecule has 7 heteroatoms. The van der Waals surface area contributed by atoms with E-state index < -0.39 is 0 Å². The Morgan fingerprint density at radius 1 is 1.58 bits per heavy atom. The number of aliphatic hydroxyl groups is 1. The number of aryl methyl sites for hydroxylation is 1. The van der Waals surface area contributed by atoms with Crippen LogP contribution >= 0.6 is 11.3 Å². The minimum Gasteiger partial charge on any atom is -0.438 e. The predicted molar refractivity (Wildman–Crippen MR) is 69.9 cm³/mol. The Morgan fingerprint density at radius 3 is 3.11 bits per heavy atom.